The van der Waals surface area contributed by atoms with E-state index in [4.69, 9.17) is 5.73 Å². The molecule has 3 amide bonds. The van der Waals surface area contributed by atoms with Crippen molar-refractivity contribution >= 4 is 11.9 Å². The summed E-state index contributed by atoms with van der Waals surface area (Å²) in [5, 5.41) is 5.56. The summed E-state index contributed by atoms with van der Waals surface area (Å²) < 4.78 is 0. The number of nitrogens with one attached hydrogen (secondary N) is 1. The van der Waals surface area contributed by atoms with Crippen molar-refractivity contribution in [2.24, 2.45) is 5.73 Å². The molecule has 0 unspecified atom stereocenters. The van der Waals surface area contributed by atoms with Crippen LogP contribution in [-0.4, -0.2) is 49.1 Å². The molecule has 0 rings (SSSR count). The van der Waals surface area contributed by atoms with Crippen LogP contribution in [-0.2, 0) is 4.79 Å². The highest BCUT2D eigenvalue weighted by atomic mass is 16.2. The molecule has 0 saturated heterocycles. The van der Waals surface area contributed by atoms with Crippen LogP contribution < -0.4 is 11.1 Å². The summed E-state index contributed by atoms with van der Waals surface area (Å²) in [5.74, 6) is -0.0729. The maximum absolute atomic E-state index is 11.0. The molecule has 0 aliphatic heterocycles. The Bertz CT molecular complexity index is 193. The van der Waals surface area contributed by atoms with E-state index >= 15 is 0 Å². The highest BCUT2D eigenvalue weighted by molar-refractivity contribution is 5.73. The molecule has 0 aromatic heterocycles. The summed E-state index contributed by atoms with van der Waals surface area (Å²) in [7, 11) is 3.51. The molecule has 0 bridgehead atoms. The molecule has 76 valence electrons. The largest absolute Gasteiger partial charge is 0.352 e. The fourth-order valence-corrected chi connectivity index (χ4v) is 0.924. The molecule has 0 aromatic rings. The Labute approximate surface area is 77.6 Å². The topological polar surface area (TPSA) is 78.7 Å². The first kappa shape index (κ1) is 11.7. The number of nitrogens with zero attached hydrogens (tertiary/aromatic N) is 2. The van der Waals surface area contributed by atoms with Crippen molar-refractivity contribution in [2.75, 3.05) is 27.2 Å². The summed E-state index contributed by atoms with van der Waals surface area (Å²) in [6, 6.07) is -0.581. The number of amides is 3. The number of rotatable bonds is 4. The van der Waals surface area contributed by atoms with Gasteiger partial charge in [0.05, 0.1) is 6.54 Å². The van der Waals surface area contributed by atoms with Crippen molar-refractivity contribution in [3.05, 3.63) is 0 Å². The van der Waals surface area contributed by atoms with Gasteiger partial charge >= 0.3 is 6.03 Å². The third kappa shape index (κ3) is 5.02. The smallest absolute Gasteiger partial charge is 0.312 e. The molecular weight excluding hydrogens is 172 g/mol. The number of nitrogens with two attached hydrogens (primary N) is 1. The van der Waals surface area contributed by atoms with Crippen LogP contribution in [0.1, 0.15) is 6.92 Å². The first-order valence-electron chi connectivity index (χ1n) is 3.93. The Morgan fingerprint density at radius 1 is 1.38 bits per heavy atom. The van der Waals surface area contributed by atoms with Crippen LogP contribution in [0.3, 0.4) is 0 Å². The lowest BCUT2D eigenvalue weighted by Gasteiger charge is -2.27. The number of hydrogen-bond donors (Lipinski definition) is 2. The summed E-state index contributed by atoms with van der Waals surface area (Å²) in [5.41, 5.74) is 4.86. The van der Waals surface area contributed by atoms with Crippen LogP contribution in [0.4, 0.5) is 4.79 Å². The van der Waals surface area contributed by atoms with Crippen molar-refractivity contribution in [1.82, 2.24) is 15.3 Å². The van der Waals surface area contributed by atoms with E-state index in [-0.39, 0.29) is 5.91 Å². The van der Waals surface area contributed by atoms with Gasteiger partial charge in [-0.25, -0.2) is 9.80 Å². The second-order valence-electron chi connectivity index (χ2n) is 2.78. The molecule has 0 atom stereocenters. The second-order valence-corrected chi connectivity index (χ2v) is 2.78. The first-order valence-corrected chi connectivity index (χ1v) is 3.93. The van der Waals surface area contributed by atoms with Crippen LogP contribution in [0.5, 0.6) is 0 Å². The van der Waals surface area contributed by atoms with Crippen molar-refractivity contribution < 1.29 is 9.59 Å². The average Bonchev–Trinajstić information content (AvgIpc) is 1.95. The van der Waals surface area contributed by atoms with Crippen LogP contribution in [0.2, 0.25) is 0 Å². The molecule has 0 spiro atoms. The SMILES string of the molecule is CC(=O)N(CCNC(N)=O)N(C)C. The minimum Gasteiger partial charge on any atom is -0.352 e. The van der Waals surface area contributed by atoms with Crippen molar-refractivity contribution in [2.45, 2.75) is 6.92 Å². The zero-order valence-electron chi connectivity index (χ0n) is 8.20. The predicted molar refractivity (Wildman–Crippen MR) is 48.7 cm³/mol. The van der Waals surface area contributed by atoms with Gasteiger partial charge in [-0.15, -0.1) is 0 Å². The third-order valence-electron chi connectivity index (χ3n) is 1.47. The summed E-state index contributed by atoms with van der Waals surface area (Å²) in [4.78, 5) is 21.3. The molecule has 0 radical (unpaired) electrons. The summed E-state index contributed by atoms with van der Waals surface area (Å²) >= 11 is 0. The highest BCUT2D eigenvalue weighted by Crippen LogP contribution is 1.90. The van der Waals surface area contributed by atoms with Gasteiger partial charge in [0.1, 0.15) is 0 Å². The highest BCUT2D eigenvalue weighted by Gasteiger charge is 2.09. The fraction of sp³-hybridized carbons (Fsp3) is 0.714. The first-order chi connectivity index (χ1) is 5.95. The Hall–Kier alpha value is -1.30. The van der Waals surface area contributed by atoms with Gasteiger partial charge in [-0.1, -0.05) is 0 Å². The van der Waals surface area contributed by atoms with Gasteiger partial charge in [-0.05, 0) is 0 Å². The number of carbonyl (C=O) groups is 2. The van der Waals surface area contributed by atoms with Crippen molar-refractivity contribution in [1.29, 1.82) is 0 Å². The third-order valence-corrected chi connectivity index (χ3v) is 1.47. The molecule has 0 saturated carbocycles. The van der Waals surface area contributed by atoms with Crippen LogP contribution in [0.25, 0.3) is 0 Å². The molecule has 0 heterocycles. The molecule has 13 heavy (non-hydrogen) atoms. The Morgan fingerprint density at radius 2 is 1.92 bits per heavy atom. The Balaban J connectivity index is 3.84. The van der Waals surface area contributed by atoms with Gasteiger partial charge in [0.25, 0.3) is 0 Å². The van der Waals surface area contributed by atoms with Gasteiger partial charge < -0.3 is 11.1 Å². The van der Waals surface area contributed by atoms with Gasteiger partial charge in [-0.2, -0.15) is 0 Å². The molecule has 6 heteroatoms. The lowest BCUT2D eigenvalue weighted by molar-refractivity contribution is -0.141. The summed E-state index contributed by atoms with van der Waals surface area (Å²) in [6.07, 6.45) is 0. The number of hydrogen-bond acceptors (Lipinski definition) is 3. The van der Waals surface area contributed by atoms with Gasteiger partial charge in [0, 0.05) is 27.6 Å². The zero-order chi connectivity index (χ0) is 10.4. The average molecular weight is 188 g/mol. The minimum absolute atomic E-state index is 0.0729. The molecule has 0 aliphatic rings. The van der Waals surface area contributed by atoms with Crippen LogP contribution in [0.15, 0.2) is 0 Å². The molecule has 0 aromatic carbocycles. The van der Waals surface area contributed by atoms with E-state index in [2.05, 4.69) is 5.32 Å². The number of primary amides is 1. The van der Waals surface area contributed by atoms with E-state index < -0.39 is 6.03 Å². The molecular formula is C7H16N4O2. The Kier molecular flexibility index (Phi) is 4.83. The molecule has 0 aliphatic carbocycles. The standard InChI is InChI=1S/C7H16N4O2/c1-6(12)11(10(2)3)5-4-9-7(8)13/h4-5H2,1-3H3,(H3,8,9,13). The van der Waals surface area contributed by atoms with E-state index in [1.807, 2.05) is 0 Å². The molecule has 0 fully saturated rings. The molecule has 6 nitrogen and oxygen atoms in total. The lowest BCUT2D eigenvalue weighted by atomic mass is 10.5. The van der Waals surface area contributed by atoms with Crippen LogP contribution in [0, 0.1) is 0 Å². The number of urea groups is 1. The predicted octanol–water partition coefficient (Wildman–Crippen LogP) is -1.02. The van der Waals surface area contributed by atoms with E-state index in [0.717, 1.165) is 0 Å². The Morgan fingerprint density at radius 3 is 2.23 bits per heavy atom. The summed E-state index contributed by atoms with van der Waals surface area (Å²) in [6.45, 7) is 2.24. The maximum Gasteiger partial charge on any atom is 0.312 e. The zero-order valence-corrected chi connectivity index (χ0v) is 8.20. The fourth-order valence-electron chi connectivity index (χ4n) is 0.924. The second kappa shape index (κ2) is 5.36. The lowest BCUT2D eigenvalue weighted by Crippen LogP contribution is -2.45. The van der Waals surface area contributed by atoms with Crippen molar-refractivity contribution in [3.8, 4) is 0 Å². The van der Waals surface area contributed by atoms with E-state index in [1.54, 1.807) is 19.1 Å². The van der Waals surface area contributed by atoms with Gasteiger partial charge in [0.2, 0.25) is 5.91 Å². The van der Waals surface area contributed by atoms with Gasteiger partial charge in [0.15, 0.2) is 0 Å². The van der Waals surface area contributed by atoms with E-state index in [1.165, 1.54) is 11.9 Å². The maximum atomic E-state index is 11.0. The normalized spacial score (nSPS) is 9.85. The van der Waals surface area contributed by atoms with E-state index in [0.29, 0.717) is 13.1 Å². The van der Waals surface area contributed by atoms with Crippen molar-refractivity contribution in [3.63, 3.8) is 0 Å². The number of hydrazine groups is 1. The molecule has 3 N–H and O–H groups in total. The van der Waals surface area contributed by atoms with E-state index in [9.17, 15) is 9.59 Å². The van der Waals surface area contributed by atoms with Crippen LogP contribution >= 0.6 is 0 Å². The number of carbonyl (C=O) groups excluding carboxylic acids is 2. The van der Waals surface area contributed by atoms with Gasteiger partial charge in [-0.3, -0.25) is 9.80 Å². The quantitative estimate of drug-likeness (QED) is 0.554. The minimum atomic E-state index is -0.581. The monoisotopic (exact) mass is 188 g/mol.